The summed E-state index contributed by atoms with van der Waals surface area (Å²) < 4.78 is 3.78. The summed E-state index contributed by atoms with van der Waals surface area (Å²) in [5, 5.41) is 9.78. The summed E-state index contributed by atoms with van der Waals surface area (Å²) in [5.74, 6) is 0. The molecule has 0 fully saturated rings. The molecule has 0 spiro atoms. The minimum atomic E-state index is 0.677. The number of nitrogens with zero attached hydrogens (tertiary/aromatic N) is 2. The first-order chi connectivity index (χ1) is 6.84. The molecule has 1 heterocycles. The third-order valence-corrected chi connectivity index (χ3v) is 2.49. The summed E-state index contributed by atoms with van der Waals surface area (Å²) in [6.45, 7) is 0.677. The van der Waals surface area contributed by atoms with Crippen LogP contribution in [0.2, 0.25) is 5.02 Å². The Balaban J connectivity index is 1.98. The van der Waals surface area contributed by atoms with Gasteiger partial charge in [0.15, 0.2) is 0 Å². The first kappa shape index (κ1) is 9.43. The van der Waals surface area contributed by atoms with Crippen molar-refractivity contribution in [2.45, 2.75) is 6.54 Å². The maximum atomic E-state index is 5.84. The molecule has 2 aromatic rings. The third-order valence-electron chi connectivity index (χ3n) is 1.70. The number of halogens is 1. The van der Waals surface area contributed by atoms with Gasteiger partial charge in [0.05, 0.1) is 12.2 Å². The maximum absolute atomic E-state index is 5.84. The lowest BCUT2D eigenvalue weighted by atomic mass is 10.3. The van der Waals surface area contributed by atoms with Crippen LogP contribution in [-0.4, -0.2) is 9.59 Å². The van der Waals surface area contributed by atoms with Gasteiger partial charge >= 0.3 is 0 Å². The van der Waals surface area contributed by atoms with E-state index in [1.807, 2.05) is 29.6 Å². The molecule has 1 aromatic carbocycles. The van der Waals surface area contributed by atoms with Crippen LogP contribution in [0.25, 0.3) is 0 Å². The smallest absolute Gasteiger partial charge is 0.0946 e. The van der Waals surface area contributed by atoms with E-state index in [0.717, 1.165) is 16.4 Å². The molecule has 3 nitrogen and oxygen atoms in total. The van der Waals surface area contributed by atoms with Crippen molar-refractivity contribution in [3.63, 3.8) is 0 Å². The van der Waals surface area contributed by atoms with Crippen LogP contribution >= 0.6 is 23.1 Å². The average molecular weight is 226 g/mol. The summed E-state index contributed by atoms with van der Waals surface area (Å²) in [5.41, 5.74) is 1.93. The molecule has 0 bridgehead atoms. The standard InChI is InChI=1S/C9H8ClN3S/c10-7-2-1-3-8(4-7)11-5-9-6-14-13-12-9/h1-4,6,11H,5H2. The van der Waals surface area contributed by atoms with Gasteiger partial charge in [0, 0.05) is 16.1 Å². The minimum Gasteiger partial charge on any atom is -0.379 e. The highest BCUT2D eigenvalue weighted by Crippen LogP contribution is 2.15. The molecule has 0 amide bonds. The number of anilines is 1. The second kappa shape index (κ2) is 4.39. The summed E-state index contributed by atoms with van der Waals surface area (Å²) in [6.07, 6.45) is 0. The highest BCUT2D eigenvalue weighted by molar-refractivity contribution is 7.03. The molecular weight excluding hydrogens is 218 g/mol. The zero-order valence-electron chi connectivity index (χ0n) is 7.27. The summed E-state index contributed by atoms with van der Waals surface area (Å²) in [6, 6.07) is 7.59. The fraction of sp³-hybridized carbons (Fsp3) is 0.111. The van der Waals surface area contributed by atoms with Gasteiger partial charge in [-0.25, -0.2) is 0 Å². The van der Waals surface area contributed by atoms with Crippen LogP contribution in [0.1, 0.15) is 5.69 Å². The molecule has 0 atom stereocenters. The van der Waals surface area contributed by atoms with Gasteiger partial charge in [-0.3, -0.25) is 0 Å². The van der Waals surface area contributed by atoms with E-state index in [-0.39, 0.29) is 0 Å². The fourth-order valence-electron chi connectivity index (χ4n) is 1.05. The molecule has 0 saturated heterocycles. The highest BCUT2D eigenvalue weighted by Gasteiger charge is 1.96. The van der Waals surface area contributed by atoms with Crippen LogP contribution < -0.4 is 5.32 Å². The van der Waals surface area contributed by atoms with Gasteiger partial charge in [0.1, 0.15) is 0 Å². The van der Waals surface area contributed by atoms with Gasteiger partial charge in [-0.2, -0.15) is 0 Å². The first-order valence-corrected chi connectivity index (χ1v) is 5.31. The Labute approximate surface area is 90.9 Å². The molecule has 0 radical (unpaired) electrons. The Morgan fingerprint density at radius 2 is 2.36 bits per heavy atom. The van der Waals surface area contributed by atoms with Crippen LogP contribution in [0.15, 0.2) is 29.6 Å². The van der Waals surface area contributed by atoms with Gasteiger partial charge in [0.25, 0.3) is 0 Å². The van der Waals surface area contributed by atoms with E-state index in [1.54, 1.807) is 0 Å². The number of hydrogen-bond acceptors (Lipinski definition) is 4. The van der Waals surface area contributed by atoms with Gasteiger partial charge in [0.2, 0.25) is 0 Å². The molecule has 1 aromatic heterocycles. The van der Waals surface area contributed by atoms with Crippen molar-refractivity contribution in [1.82, 2.24) is 9.59 Å². The Hall–Kier alpha value is -1.13. The molecule has 1 N–H and O–H groups in total. The van der Waals surface area contributed by atoms with Gasteiger partial charge in [-0.05, 0) is 29.7 Å². The topological polar surface area (TPSA) is 37.8 Å². The number of hydrogen-bond donors (Lipinski definition) is 1. The van der Waals surface area contributed by atoms with Crippen molar-refractivity contribution in [3.8, 4) is 0 Å². The van der Waals surface area contributed by atoms with Crippen LogP contribution in [0.4, 0.5) is 5.69 Å². The van der Waals surface area contributed by atoms with E-state index in [4.69, 9.17) is 11.6 Å². The zero-order chi connectivity index (χ0) is 9.80. The number of benzene rings is 1. The molecular formula is C9H8ClN3S. The van der Waals surface area contributed by atoms with Gasteiger partial charge < -0.3 is 5.32 Å². The SMILES string of the molecule is Clc1cccc(NCc2csnn2)c1. The third kappa shape index (κ3) is 2.43. The predicted octanol–water partition coefficient (Wildman–Crippen LogP) is 2.80. The van der Waals surface area contributed by atoms with Crippen molar-refractivity contribution in [3.05, 3.63) is 40.4 Å². The average Bonchev–Trinajstić information content (AvgIpc) is 2.67. The zero-order valence-corrected chi connectivity index (χ0v) is 8.85. The molecule has 0 saturated carbocycles. The van der Waals surface area contributed by atoms with Crippen molar-refractivity contribution < 1.29 is 0 Å². The second-order valence-corrected chi connectivity index (χ2v) is 3.81. The van der Waals surface area contributed by atoms with Crippen molar-refractivity contribution in [2.75, 3.05) is 5.32 Å². The highest BCUT2D eigenvalue weighted by atomic mass is 35.5. The number of rotatable bonds is 3. The Bertz CT molecular complexity index is 402. The van der Waals surface area contributed by atoms with Crippen LogP contribution in [0, 0.1) is 0 Å². The lowest BCUT2D eigenvalue weighted by Crippen LogP contribution is -1.99. The quantitative estimate of drug-likeness (QED) is 0.873. The van der Waals surface area contributed by atoms with E-state index in [0.29, 0.717) is 6.54 Å². The van der Waals surface area contributed by atoms with Gasteiger partial charge in [-0.15, -0.1) is 5.10 Å². The molecule has 5 heteroatoms. The van der Waals surface area contributed by atoms with Crippen molar-refractivity contribution >= 4 is 28.8 Å². The van der Waals surface area contributed by atoms with Crippen LogP contribution in [0.3, 0.4) is 0 Å². The van der Waals surface area contributed by atoms with E-state index in [1.165, 1.54) is 11.5 Å². The Kier molecular flexibility index (Phi) is 2.96. The Morgan fingerprint density at radius 3 is 3.07 bits per heavy atom. The lowest BCUT2D eigenvalue weighted by molar-refractivity contribution is 0.999. The van der Waals surface area contributed by atoms with E-state index in [9.17, 15) is 0 Å². The molecule has 2 rings (SSSR count). The second-order valence-electron chi connectivity index (χ2n) is 2.76. The van der Waals surface area contributed by atoms with Gasteiger partial charge in [-0.1, -0.05) is 22.2 Å². The van der Waals surface area contributed by atoms with Crippen LogP contribution in [0.5, 0.6) is 0 Å². The molecule has 0 aliphatic carbocycles. The maximum Gasteiger partial charge on any atom is 0.0946 e. The molecule has 0 aliphatic heterocycles. The largest absolute Gasteiger partial charge is 0.379 e. The molecule has 14 heavy (non-hydrogen) atoms. The fourth-order valence-corrected chi connectivity index (χ4v) is 1.69. The monoisotopic (exact) mass is 225 g/mol. The molecule has 0 unspecified atom stereocenters. The molecule has 0 aliphatic rings. The summed E-state index contributed by atoms with van der Waals surface area (Å²) in [7, 11) is 0. The normalized spacial score (nSPS) is 10.1. The minimum absolute atomic E-state index is 0.677. The first-order valence-electron chi connectivity index (χ1n) is 4.10. The Morgan fingerprint density at radius 1 is 1.43 bits per heavy atom. The predicted molar refractivity (Wildman–Crippen MR) is 58.7 cm³/mol. The van der Waals surface area contributed by atoms with Crippen molar-refractivity contribution in [2.24, 2.45) is 0 Å². The van der Waals surface area contributed by atoms with Crippen LogP contribution in [-0.2, 0) is 6.54 Å². The van der Waals surface area contributed by atoms with E-state index in [2.05, 4.69) is 14.9 Å². The lowest BCUT2D eigenvalue weighted by Gasteiger charge is -2.03. The van der Waals surface area contributed by atoms with E-state index >= 15 is 0 Å². The van der Waals surface area contributed by atoms with Crippen molar-refractivity contribution in [1.29, 1.82) is 0 Å². The summed E-state index contributed by atoms with van der Waals surface area (Å²) in [4.78, 5) is 0. The number of nitrogens with one attached hydrogen (secondary N) is 1. The number of aromatic nitrogens is 2. The molecule has 72 valence electrons. The summed E-state index contributed by atoms with van der Waals surface area (Å²) >= 11 is 7.19. The van der Waals surface area contributed by atoms with E-state index < -0.39 is 0 Å².